The van der Waals surface area contributed by atoms with E-state index >= 15 is 0 Å². The lowest BCUT2D eigenvalue weighted by Crippen LogP contribution is -2.40. The predicted molar refractivity (Wildman–Crippen MR) is 111 cm³/mol. The molecule has 0 saturated heterocycles. The van der Waals surface area contributed by atoms with Crippen LogP contribution >= 0.6 is 11.3 Å². The number of nitrogens with one attached hydrogen (secondary N) is 2. The van der Waals surface area contributed by atoms with Gasteiger partial charge in [0.05, 0.1) is 18.4 Å². The third kappa shape index (κ3) is 3.54. The van der Waals surface area contributed by atoms with Crippen LogP contribution in [0.2, 0.25) is 0 Å². The monoisotopic (exact) mass is 424 g/mol. The largest absolute Gasteiger partial charge is 0.485 e. The van der Waals surface area contributed by atoms with Crippen molar-refractivity contribution in [2.75, 3.05) is 11.9 Å². The van der Waals surface area contributed by atoms with Crippen LogP contribution < -0.4 is 20.1 Å². The molecule has 2 N–H and O–H groups in total. The Hall–Kier alpha value is -3.26. The molecule has 1 aliphatic carbocycles. The number of para-hydroxylation sites is 2. The Morgan fingerprint density at radius 2 is 1.97 bits per heavy atom. The first-order valence-electron chi connectivity index (χ1n) is 9.83. The number of carbonyl (C=O) groups is 2. The third-order valence-electron chi connectivity index (χ3n) is 5.19. The average molecular weight is 424 g/mol. The van der Waals surface area contributed by atoms with E-state index in [1.165, 1.54) is 11.3 Å². The number of carbonyl (C=O) groups excluding carboxylic acids is 2. The van der Waals surface area contributed by atoms with Crippen LogP contribution in [0.4, 0.5) is 5.00 Å². The Morgan fingerprint density at radius 1 is 1.10 bits per heavy atom. The molecule has 0 radical (unpaired) electrons. The molecule has 1 aromatic carbocycles. The first-order valence-corrected chi connectivity index (χ1v) is 10.6. The molecule has 1 aliphatic heterocycles. The number of thiophene rings is 1. The highest BCUT2D eigenvalue weighted by Crippen LogP contribution is 2.39. The van der Waals surface area contributed by atoms with Crippen molar-refractivity contribution in [3.05, 3.63) is 64.4 Å². The molecule has 154 valence electrons. The molecule has 7 nitrogen and oxygen atoms in total. The summed E-state index contributed by atoms with van der Waals surface area (Å²) in [6, 6.07) is 10.8. The van der Waals surface area contributed by atoms with Crippen LogP contribution in [0.1, 0.15) is 33.0 Å². The summed E-state index contributed by atoms with van der Waals surface area (Å²) in [7, 11) is 0. The molecule has 30 heavy (non-hydrogen) atoms. The maximum absolute atomic E-state index is 12.9. The Balaban J connectivity index is 1.33. The number of aryl methyl sites for hydroxylation is 1. The average Bonchev–Trinajstić information content (AvgIpc) is 3.49. The molecule has 1 atom stereocenters. The third-order valence-corrected chi connectivity index (χ3v) is 6.40. The number of fused-ring (bicyclic) bond motifs is 2. The Labute approximate surface area is 177 Å². The maximum atomic E-state index is 12.9. The maximum Gasteiger partial charge on any atom is 0.269 e. The van der Waals surface area contributed by atoms with Crippen LogP contribution in [0.25, 0.3) is 0 Å². The van der Waals surface area contributed by atoms with E-state index < -0.39 is 6.10 Å². The van der Waals surface area contributed by atoms with E-state index in [0.29, 0.717) is 34.4 Å². The van der Waals surface area contributed by atoms with Gasteiger partial charge in [-0.05, 0) is 49.1 Å². The van der Waals surface area contributed by atoms with Gasteiger partial charge in [0.25, 0.3) is 11.8 Å². The number of rotatable bonds is 5. The molecule has 2 amide bonds. The summed E-state index contributed by atoms with van der Waals surface area (Å²) in [6.45, 7) is 0.411. The van der Waals surface area contributed by atoms with Gasteiger partial charge in [-0.3, -0.25) is 9.59 Å². The summed E-state index contributed by atoms with van der Waals surface area (Å²) in [6.07, 6.45) is 3.56. The van der Waals surface area contributed by atoms with E-state index in [4.69, 9.17) is 13.9 Å². The first-order chi connectivity index (χ1) is 14.7. The lowest BCUT2D eigenvalue weighted by molar-refractivity contribution is -0.125. The zero-order chi connectivity index (χ0) is 20.5. The van der Waals surface area contributed by atoms with Gasteiger partial charge in [-0.1, -0.05) is 12.1 Å². The van der Waals surface area contributed by atoms with Gasteiger partial charge in [0.15, 0.2) is 11.5 Å². The molecular formula is C22H20N2O5S. The van der Waals surface area contributed by atoms with E-state index in [0.717, 1.165) is 29.7 Å². The van der Waals surface area contributed by atoms with Crippen molar-refractivity contribution >= 4 is 28.2 Å². The van der Waals surface area contributed by atoms with E-state index in [-0.39, 0.29) is 18.4 Å². The van der Waals surface area contributed by atoms with Crippen molar-refractivity contribution < 1.29 is 23.5 Å². The molecule has 8 heteroatoms. The molecule has 0 saturated carbocycles. The molecule has 0 fully saturated rings. The highest BCUT2D eigenvalue weighted by molar-refractivity contribution is 7.17. The second-order valence-electron chi connectivity index (χ2n) is 7.18. The van der Waals surface area contributed by atoms with E-state index in [9.17, 15) is 9.59 Å². The summed E-state index contributed by atoms with van der Waals surface area (Å²) in [5, 5.41) is 6.35. The van der Waals surface area contributed by atoms with Crippen molar-refractivity contribution in [1.82, 2.24) is 5.32 Å². The van der Waals surface area contributed by atoms with Gasteiger partial charge in [-0.2, -0.15) is 0 Å². The van der Waals surface area contributed by atoms with Crippen molar-refractivity contribution in [3.8, 4) is 11.5 Å². The van der Waals surface area contributed by atoms with Gasteiger partial charge in [0, 0.05) is 4.88 Å². The Bertz CT molecular complexity index is 1090. The lowest BCUT2D eigenvalue weighted by Gasteiger charge is -2.25. The minimum Gasteiger partial charge on any atom is -0.485 e. The molecule has 0 spiro atoms. The van der Waals surface area contributed by atoms with Crippen molar-refractivity contribution in [2.24, 2.45) is 0 Å². The van der Waals surface area contributed by atoms with Crippen LogP contribution in [0.15, 0.2) is 47.1 Å². The molecule has 0 unspecified atom stereocenters. The van der Waals surface area contributed by atoms with E-state index in [2.05, 4.69) is 10.6 Å². The standard InChI is InChI=1S/C22H20N2O5S/c25-20(17-12-28-15-7-1-2-8-16(15)29-17)24-22-19(14-6-3-9-18(14)30-22)21(26)23-11-13-5-4-10-27-13/h1-2,4-5,7-8,10,17H,3,6,9,11-12H2,(H,23,26)(H,24,25)/t17-/m0/s1. The highest BCUT2D eigenvalue weighted by atomic mass is 32.1. The lowest BCUT2D eigenvalue weighted by atomic mass is 10.1. The minimum atomic E-state index is -0.782. The number of anilines is 1. The number of benzene rings is 1. The zero-order valence-corrected chi connectivity index (χ0v) is 16.9. The SMILES string of the molecule is O=C(NCc1ccco1)c1c(NC(=O)[C@@H]2COc3ccccc3O2)sc2c1CCC2. The van der Waals surface area contributed by atoms with Crippen LogP contribution in [0, 0.1) is 0 Å². The number of hydrogen-bond donors (Lipinski definition) is 2. The Morgan fingerprint density at radius 3 is 2.80 bits per heavy atom. The van der Waals surface area contributed by atoms with Crippen molar-refractivity contribution in [2.45, 2.75) is 31.9 Å². The van der Waals surface area contributed by atoms with Crippen LogP contribution in [-0.4, -0.2) is 24.5 Å². The molecule has 2 aliphatic rings. The van der Waals surface area contributed by atoms with Crippen molar-refractivity contribution in [1.29, 1.82) is 0 Å². The van der Waals surface area contributed by atoms with Gasteiger partial charge < -0.3 is 24.5 Å². The fourth-order valence-electron chi connectivity index (χ4n) is 3.74. The first kappa shape index (κ1) is 18.7. The minimum absolute atomic E-state index is 0.119. The fraction of sp³-hybridized carbons (Fsp3) is 0.273. The molecule has 0 bridgehead atoms. The van der Waals surface area contributed by atoms with Crippen LogP contribution in [0.5, 0.6) is 11.5 Å². The van der Waals surface area contributed by atoms with Crippen molar-refractivity contribution in [3.63, 3.8) is 0 Å². The fourth-order valence-corrected chi connectivity index (χ4v) is 5.03. The summed E-state index contributed by atoms with van der Waals surface area (Å²) in [5.74, 6) is 1.28. The second kappa shape index (κ2) is 7.87. The Kier molecular flexibility index (Phi) is 4.92. The van der Waals surface area contributed by atoms with Gasteiger partial charge in [0.1, 0.15) is 17.4 Å². The second-order valence-corrected chi connectivity index (χ2v) is 8.28. The van der Waals surface area contributed by atoms with Gasteiger partial charge >= 0.3 is 0 Å². The number of hydrogen-bond acceptors (Lipinski definition) is 6. The van der Waals surface area contributed by atoms with Crippen LogP contribution in [-0.2, 0) is 24.2 Å². The number of amides is 2. The zero-order valence-electron chi connectivity index (χ0n) is 16.1. The van der Waals surface area contributed by atoms with Crippen LogP contribution in [0.3, 0.4) is 0 Å². The summed E-state index contributed by atoms with van der Waals surface area (Å²) >= 11 is 1.47. The highest BCUT2D eigenvalue weighted by Gasteiger charge is 2.31. The molecule has 3 aromatic rings. The quantitative estimate of drug-likeness (QED) is 0.654. The summed E-state index contributed by atoms with van der Waals surface area (Å²) in [4.78, 5) is 27.0. The normalized spacial score (nSPS) is 16.7. The van der Waals surface area contributed by atoms with Gasteiger partial charge in [-0.15, -0.1) is 11.3 Å². The van der Waals surface area contributed by atoms with Gasteiger partial charge in [0.2, 0.25) is 6.10 Å². The molecule has 2 aromatic heterocycles. The molecule has 5 rings (SSSR count). The van der Waals surface area contributed by atoms with E-state index in [1.807, 2.05) is 12.1 Å². The smallest absolute Gasteiger partial charge is 0.269 e. The number of ether oxygens (including phenoxy) is 2. The molecule has 3 heterocycles. The van der Waals surface area contributed by atoms with E-state index in [1.54, 1.807) is 30.5 Å². The predicted octanol–water partition coefficient (Wildman–Crippen LogP) is 3.54. The molecular weight excluding hydrogens is 404 g/mol. The number of furan rings is 1. The summed E-state index contributed by atoms with van der Waals surface area (Å²) < 4.78 is 16.7. The van der Waals surface area contributed by atoms with Gasteiger partial charge in [-0.25, -0.2) is 0 Å². The topological polar surface area (TPSA) is 89.8 Å². The summed E-state index contributed by atoms with van der Waals surface area (Å²) in [5.41, 5.74) is 1.57.